The zero-order chi connectivity index (χ0) is 36.1. The van der Waals surface area contributed by atoms with Crippen LogP contribution >= 0.6 is 0 Å². The van der Waals surface area contributed by atoms with Gasteiger partial charge in [0.15, 0.2) is 0 Å². The average molecular weight is 694 g/mol. The standard InChI is InChI=1S/C50H35N3O/c51-32-33-12-9-14-37(30-33)44-28-26-34-24-25-35-27-29-45(53-48(35)47(34)52-44)38-15-10-13-36(31-38)41-20-11-22-43-49(41)54-46-23-8-7-21-42(46)50(43,39-16-3-1-4-17-39)40-18-5-2-6-19-40/h1-5,7-18,20-31,44,52H,6,19H2. The van der Waals surface area contributed by atoms with Gasteiger partial charge < -0.3 is 10.1 Å². The first kappa shape index (κ1) is 31.7. The lowest BCUT2D eigenvalue weighted by atomic mass is 9.61. The van der Waals surface area contributed by atoms with E-state index in [-0.39, 0.29) is 6.04 Å². The monoisotopic (exact) mass is 693 g/mol. The van der Waals surface area contributed by atoms with E-state index in [0.29, 0.717) is 5.56 Å². The van der Waals surface area contributed by atoms with Crippen molar-refractivity contribution in [2.75, 3.05) is 5.32 Å². The Bertz CT molecular complexity index is 2750. The van der Waals surface area contributed by atoms with Crippen LogP contribution in [0.1, 0.15) is 52.3 Å². The summed E-state index contributed by atoms with van der Waals surface area (Å²) >= 11 is 0. The normalized spacial score (nSPS) is 18.0. The first-order valence-corrected chi connectivity index (χ1v) is 18.5. The molecule has 2 atom stereocenters. The Kier molecular flexibility index (Phi) is 7.59. The topological polar surface area (TPSA) is 57.9 Å². The van der Waals surface area contributed by atoms with E-state index < -0.39 is 5.41 Å². The van der Waals surface area contributed by atoms with Crippen molar-refractivity contribution in [1.29, 1.82) is 5.26 Å². The maximum absolute atomic E-state index is 9.50. The summed E-state index contributed by atoms with van der Waals surface area (Å²) in [6.45, 7) is 0. The molecule has 10 rings (SSSR count). The molecule has 1 N–H and O–H groups in total. The van der Waals surface area contributed by atoms with Gasteiger partial charge in [0.05, 0.1) is 40.0 Å². The van der Waals surface area contributed by atoms with Gasteiger partial charge in [-0.05, 0) is 65.4 Å². The van der Waals surface area contributed by atoms with Crippen LogP contribution in [-0.4, -0.2) is 4.98 Å². The first-order chi connectivity index (χ1) is 26.7. The number of nitriles is 1. The molecule has 256 valence electrons. The highest BCUT2D eigenvalue weighted by Gasteiger charge is 2.47. The van der Waals surface area contributed by atoms with Crippen molar-refractivity contribution in [3.05, 3.63) is 209 Å². The molecule has 6 aromatic carbocycles. The molecule has 0 fully saturated rings. The minimum Gasteiger partial charge on any atom is -0.456 e. The molecule has 1 aliphatic carbocycles. The van der Waals surface area contributed by atoms with Gasteiger partial charge in [-0.1, -0.05) is 151 Å². The van der Waals surface area contributed by atoms with Gasteiger partial charge in [-0.2, -0.15) is 5.26 Å². The Morgan fingerprint density at radius 2 is 1.57 bits per heavy atom. The summed E-state index contributed by atoms with van der Waals surface area (Å²) in [5, 5.41) is 14.3. The van der Waals surface area contributed by atoms with Crippen LogP contribution in [0.5, 0.6) is 11.5 Å². The van der Waals surface area contributed by atoms with Crippen molar-refractivity contribution < 1.29 is 4.74 Å². The number of nitrogens with zero attached hydrogens (tertiary/aromatic N) is 2. The lowest BCUT2D eigenvalue weighted by molar-refractivity contribution is 0.431. The van der Waals surface area contributed by atoms with Gasteiger partial charge in [0.25, 0.3) is 0 Å². The number of pyridine rings is 1. The third-order valence-electron chi connectivity index (χ3n) is 11.1. The van der Waals surface area contributed by atoms with Crippen LogP contribution in [0, 0.1) is 11.3 Å². The van der Waals surface area contributed by atoms with E-state index in [2.05, 4.69) is 169 Å². The second-order valence-electron chi connectivity index (χ2n) is 14.2. The lowest BCUT2D eigenvalue weighted by Gasteiger charge is -2.44. The molecule has 2 aliphatic heterocycles. The largest absolute Gasteiger partial charge is 0.456 e. The second kappa shape index (κ2) is 12.9. The number of benzene rings is 6. The van der Waals surface area contributed by atoms with Gasteiger partial charge in [-0.25, -0.2) is 4.98 Å². The summed E-state index contributed by atoms with van der Waals surface area (Å²) in [7, 11) is 0. The molecule has 7 aromatic rings. The molecule has 3 aliphatic rings. The Morgan fingerprint density at radius 1 is 0.759 bits per heavy atom. The fourth-order valence-corrected chi connectivity index (χ4v) is 8.64. The quantitative estimate of drug-likeness (QED) is 0.195. The number of hydrogen-bond acceptors (Lipinski definition) is 4. The van der Waals surface area contributed by atoms with E-state index in [1.807, 2.05) is 18.2 Å². The summed E-state index contributed by atoms with van der Waals surface area (Å²) in [4.78, 5) is 5.30. The van der Waals surface area contributed by atoms with Crippen LogP contribution in [0.15, 0.2) is 175 Å². The van der Waals surface area contributed by atoms with E-state index in [1.54, 1.807) is 0 Å². The fraction of sp³-hybridized carbons (Fsp3) is 0.0800. The smallest absolute Gasteiger partial charge is 0.140 e. The number of para-hydroxylation sites is 2. The Hall–Kier alpha value is -6.96. The van der Waals surface area contributed by atoms with E-state index in [9.17, 15) is 5.26 Å². The van der Waals surface area contributed by atoms with E-state index in [0.717, 1.165) is 80.0 Å². The van der Waals surface area contributed by atoms with E-state index >= 15 is 0 Å². The second-order valence-corrected chi connectivity index (χ2v) is 14.2. The molecule has 3 heterocycles. The zero-order valence-electron chi connectivity index (χ0n) is 29.5. The van der Waals surface area contributed by atoms with E-state index in [4.69, 9.17) is 9.72 Å². The highest BCUT2D eigenvalue weighted by atomic mass is 16.5. The summed E-state index contributed by atoms with van der Waals surface area (Å²) in [6, 6.07) is 53.2. The van der Waals surface area contributed by atoms with Crippen LogP contribution < -0.4 is 10.1 Å². The Labute approximate surface area is 315 Å². The van der Waals surface area contributed by atoms with Crippen molar-refractivity contribution in [2.45, 2.75) is 24.3 Å². The van der Waals surface area contributed by atoms with Crippen molar-refractivity contribution >= 4 is 22.7 Å². The summed E-state index contributed by atoms with van der Waals surface area (Å²) in [5.41, 5.74) is 13.2. The first-order valence-electron chi connectivity index (χ1n) is 18.5. The molecule has 0 radical (unpaired) electrons. The average Bonchev–Trinajstić information content (AvgIpc) is 3.25. The van der Waals surface area contributed by atoms with Gasteiger partial charge in [0.2, 0.25) is 0 Å². The molecular weight excluding hydrogens is 659 g/mol. The van der Waals surface area contributed by atoms with E-state index in [1.165, 1.54) is 16.7 Å². The Balaban J connectivity index is 1.10. The molecule has 0 spiro atoms. The minimum atomic E-state index is -0.502. The maximum atomic E-state index is 9.50. The number of allylic oxidation sites excluding steroid dienone is 4. The number of fused-ring (bicyclic) bond motifs is 5. The molecule has 2 unspecified atom stereocenters. The molecule has 0 saturated carbocycles. The number of anilines is 1. The fourth-order valence-electron chi connectivity index (χ4n) is 8.64. The van der Waals surface area contributed by atoms with Crippen LogP contribution in [0.4, 0.5) is 5.69 Å². The number of nitrogens with one attached hydrogen (secondary N) is 1. The van der Waals surface area contributed by atoms with Gasteiger partial charge in [-0.15, -0.1) is 0 Å². The number of rotatable bonds is 5. The third-order valence-corrected chi connectivity index (χ3v) is 11.1. The van der Waals surface area contributed by atoms with Crippen LogP contribution in [0.25, 0.3) is 39.4 Å². The molecule has 1 aromatic heterocycles. The van der Waals surface area contributed by atoms with Crippen LogP contribution in [-0.2, 0) is 5.41 Å². The highest BCUT2D eigenvalue weighted by molar-refractivity contribution is 5.97. The number of hydrogen-bond donors (Lipinski definition) is 1. The lowest BCUT2D eigenvalue weighted by Crippen LogP contribution is -2.35. The molecule has 0 bridgehead atoms. The molecular formula is C50H35N3O. The predicted molar refractivity (Wildman–Crippen MR) is 218 cm³/mol. The van der Waals surface area contributed by atoms with Gasteiger partial charge >= 0.3 is 0 Å². The zero-order valence-corrected chi connectivity index (χ0v) is 29.5. The van der Waals surface area contributed by atoms with Gasteiger partial charge in [0, 0.05) is 27.6 Å². The molecule has 0 amide bonds. The molecule has 4 heteroatoms. The van der Waals surface area contributed by atoms with Crippen molar-refractivity contribution in [2.24, 2.45) is 0 Å². The van der Waals surface area contributed by atoms with Crippen molar-refractivity contribution in [3.63, 3.8) is 0 Å². The molecule has 54 heavy (non-hydrogen) atoms. The molecule has 0 saturated heterocycles. The maximum Gasteiger partial charge on any atom is 0.140 e. The summed E-state index contributed by atoms with van der Waals surface area (Å²) in [5.74, 6) is 1.77. The minimum absolute atomic E-state index is 0.0667. The van der Waals surface area contributed by atoms with Crippen LogP contribution in [0.3, 0.4) is 0 Å². The van der Waals surface area contributed by atoms with Crippen LogP contribution in [0.2, 0.25) is 0 Å². The third kappa shape index (κ3) is 5.09. The summed E-state index contributed by atoms with van der Waals surface area (Å²) < 4.78 is 6.96. The van der Waals surface area contributed by atoms with Gasteiger partial charge in [-0.3, -0.25) is 0 Å². The number of aromatic nitrogens is 1. The molecule has 4 nitrogen and oxygen atoms in total. The Morgan fingerprint density at radius 3 is 2.46 bits per heavy atom. The SMILES string of the molecule is N#Cc1cccc(C2C=Cc3ccc4ccc(-c5cccc(-c6cccc7c6Oc6ccccc6C7(C6=CC=CCC6)c6ccccc6)c5)nc4c3N2)c1. The predicted octanol–water partition coefficient (Wildman–Crippen LogP) is 12.3. The highest BCUT2D eigenvalue weighted by Crippen LogP contribution is 2.58. The van der Waals surface area contributed by atoms with Crippen molar-refractivity contribution in [1.82, 2.24) is 4.98 Å². The van der Waals surface area contributed by atoms with Gasteiger partial charge in [0.1, 0.15) is 11.5 Å². The van der Waals surface area contributed by atoms with Crippen molar-refractivity contribution in [3.8, 4) is 40.0 Å². The summed E-state index contributed by atoms with van der Waals surface area (Å²) in [6.07, 6.45) is 13.0. The number of ether oxygens (including phenoxy) is 1.